The SMILES string of the molecule is CC(C)CC1NC(CC(C)C)N(CC2CC2)C1=O. The summed E-state index contributed by atoms with van der Waals surface area (Å²) in [7, 11) is 0. The summed E-state index contributed by atoms with van der Waals surface area (Å²) < 4.78 is 0. The Bertz CT molecular complexity index is 297. The molecule has 2 rings (SSSR count). The van der Waals surface area contributed by atoms with Crippen LogP contribution in [0, 0.1) is 17.8 Å². The third kappa shape index (κ3) is 3.47. The maximum atomic E-state index is 12.5. The molecule has 1 saturated carbocycles. The van der Waals surface area contributed by atoms with Crippen molar-refractivity contribution >= 4 is 5.91 Å². The van der Waals surface area contributed by atoms with Gasteiger partial charge in [0, 0.05) is 6.54 Å². The first-order valence-corrected chi connectivity index (χ1v) is 7.54. The molecule has 2 fully saturated rings. The van der Waals surface area contributed by atoms with E-state index in [2.05, 4.69) is 37.9 Å². The summed E-state index contributed by atoms with van der Waals surface area (Å²) in [5.74, 6) is 2.34. The molecule has 1 saturated heterocycles. The van der Waals surface area contributed by atoms with Crippen LogP contribution in [0.1, 0.15) is 53.4 Å². The Kier molecular flexibility index (Phi) is 4.31. The summed E-state index contributed by atoms with van der Waals surface area (Å²) in [5.41, 5.74) is 0. The molecule has 0 aromatic carbocycles. The molecule has 104 valence electrons. The number of amides is 1. The van der Waals surface area contributed by atoms with Crippen LogP contribution in [-0.4, -0.2) is 29.6 Å². The molecule has 0 bridgehead atoms. The van der Waals surface area contributed by atoms with Gasteiger partial charge in [0.2, 0.25) is 5.91 Å². The minimum absolute atomic E-state index is 0.0625. The summed E-state index contributed by atoms with van der Waals surface area (Å²) >= 11 is 0. The smallest absolute Gasteiger partial charge is 0.241 e. The third-order valence-electron chi connectivity index (χ3n) is 3.90. The molecule has 1 aliphatic carbocycles. The van der Waals surface area contributed by atoms with E-state index in [1.807, 2.05) is 0 Å². The number of nitrogens with zero attached hydrogens (tertiary/aromatic N) is 1. The van der Waals surface area contributed by atoms with Crippen LogP contribution in [0.15, 0.2) is 0 Å². The standard InChI is InChI=1S/C15H28N2O/c1-10(2)7-13-15(18)17(9-12-5-6-12)14(16-13)8-11(3)4/h10-14,16H,5-9H2,1-4H3. The van der Waals surface area contributed by atoms with Crippen LogP contribution in [-0.2, 0) is 4.79 Å². The Hall–Kier alpha value is -0.570. The fraction of sp³-hybridized carbons (Fsp3) is 0.933. The van der Waals surface area contributed by atoms with E-state index in [4.69, 9.17) is 0 Å². The van der Waals surface area contributed by atoms with Gasteiger partial charge in [-0.3, -0.25) is 10.1 Å². The first-order valence-electron chi connectivity index (χ1n) is 7.54. The van der Waals surface area contributed by atoms with Gasteiger partial charge in [0.15, 0.2) is 0 Å². The minimum Gasteiger partial charge on any atom is -0.326 e. The summed E-state index contributed by atoms with van der Waals surface area (Å²) in [6, 6.07) is 0.0625. The lowest BCUT2D eigenvalue weighted by atomic mass is 10.0. The van der Waals surface area contributed by atoms with E-state index in [1.165, 1.54) is 12.8 Å². The van der Waals surface area contributed by atoms with Gasteiger partial charge in [0.05, 0.1) is 12.2 Å². The van der Waals surface area contributed by atoms with Gasteiger partial charge >= 0.3 is 0 Å². The van der Waals surface area contributed by atoms with E-state index >= 15 is 0 Å². The number of nitrogens with one attached hydrogen (secondary N) is 1. The van der Waals surface area contributed by atoms with Crippen LogP contribution in [0.5, 0.6) is 0 Å². The van der Waals surface area contributed by atoms with Crippen molar-refractivity contribution in [2.75, 3.05) is 6.54 Å². The molecule has 1 N–H and O–H groups in total. The van der Waals surface area contributed by atoms with Gasteiger partial charge in [-0.2, -0.15) is 0 Å². The van der Waals surface area contributed by atoms with Gasteiger partial charge in [-0.1, -0.05) is 27.7 Å². The second-order valence-corrected chi connectivity index (χ2v) is 6.93. The largest absolute Gasteiger partial charge is 0.326 e. The topological polar surface area (TPSA) is 32.3 Å². The van der Waals surface area contributed by atoms with Gasteiger partial charge in [-0.25, -0.2) is 0 Å². The Morgan fingerprint density at radius 3 is 2.28 bits per heavy atom. The molecule has 3 heteroatoms. The van der Waals surface area contributed by atoms with Crippen LogP contribution >= 0.6 is 0 Å². The zero-order chi connectivity index (χ0) is 13.3. The van der Waals surface area contributed by atoms with Crippen molar-refractivity contribution in [2.45, 2.75) is 65.6 Å². The Morgan fingerprint density at radius 1 is 1.17 bits per heavy atom. The molecular weight excluding hydrogens is 224 g/mol. The Morgan fingerprint density at radius 2 is 1.78 bits per heavy atom. The van der Waals surface area contributed by atoms with Gasteiger partial charge in [0.1, 0.15) is 0 Å². The zero-order valence-electron chi connectivity index (χ0n) is 12.3. The highest BCUT2D eigenvalue weighted by Crippen LogP contribution is 2.32. The summed E-state index contributed by atoms with van der Waals surface area (Å²) in [4.78, 5) is 14.6. The third-order valence-corrected chi connectivity index (χ3v) is 3.90. The molecular formula is C15H28N2O. The van der Waals surface area contributed by atoms with E-state index in [9.17, 15) is 4.79 Å². The van der Waals surface area contributed by atoms with Crippen molar-refractivity contribution in [2.24, 2.45) is 17.8 Å². The lowest BCUT2D eigenvalue weighted by molar-refractivity contribution is -0.130. The summed E-state index contributed by atoms with van der Waals surface area (Å²) in [5, 5.41) is 3.56. The van der Waals surface area contributed by atoms with Crippen molar-refractivity contribution in [1.29, 1.82) is 0 Å². The van der Waals surface area contributed by atoms with Crippen molar-refractivity contribution < 1.29 is 4.79 Å². The molecule has 2 unspecified atom stereocenters. The fourth-order valence-electron chi connectivity index (χ4n) is 2.83. The Balaban J connectivity index is 1.99. The molecule has 1 heterocycles. The van der Waals surface area contributed by atoms with E-state index in [-0.39, 0.29) is 12.2 Å². The van der Waals surface area contributed by atoms with Crippen LogP contribution < -0.4 is 5.32 Å². The van der Waals surface area contributed by atoms with Crippen molar-refractivity contribution in [3.8, 4) is 0 Å². The van der Waals surface area contributed by atoms with Gasteiger partial charge in [0.25, 0.3) is 0 Å². The fourth-order valence-corrected chi connectivity index (χ4v) is 2.83. The van der Waals surface area contributed by atoms with E-state index in [1.54, 1.807) is 0 Å². The predicted molar refractivity (Wildman–Crippen MR) is 74.1 cm³/mol. The van der Waals surface area contributed by atoms with E-state index in [0.29, 0.717) is 17.7 Å². The average Bonchev–Trinajstić information content (AvgIpc) is 3.01. The lowest BCUT2D eigenvalue weighted by Crippen LogP contribution is -2.39. The van der Waals surface area contributed by atoms with Crippen LogP contribution in [0.25, 0.3) is 0 Å². The Labute approximate surface area is 111 Å². The number of hydrogen-bond acceptors (Lipinski definition) is 2. The molecule has 2 aliphatic rings. The first-order chi connectivity index (χ1) is 8.47. The monoisotopic (exact) mass is 252 g/mol. The average molecular weight is 252 g/mol. The summed E-state index contributed by atoms with van der Waals surface area (Å²) in [6.45, 7) is 9.83. The van der Waals surface area contributed by atoms with Crippen LogP contribution in [0.4, 0.5) is 0 Å². The van der Waals surface area contributed by atoms with E-state index < -0.39 is 0 Å². The van der Waals surface area contributed by atoms with Gasteiger partial charge < -0.3 is 4.90 Å². The second kappa shape index (κ2) is 5.60. The first kappa shape index (κ1) is 13.9. The molecule has 0 aromatic heterocycles. The second-order valence-electron chi connectivity index (χ2n) is 6.93. The molecule has 2 atom stereocenters. The number of carbonyl (C=O) groups excluding carboxylic acids is 1. The lowest BCUT2D eigenvalue weighted by Gasteiger charge is -2.25. The van der Waals surface area contributed by atoms with Crippen molar-refractivity contribution in [1.82, 2.24) is 10.2 Å². The highest BCUT2D eigenvalue weighted by molar-refractivity contribution is 5.84. The molecule has 1 aliphatic heterocycles. The number of hydrogen-bond donors (Lipinski definition) is 1. The maximum absolute atomic E-state index is 12.5. The van der Waals surface area contributed by atoms with Gasteiger partial charge in [-0.15, -0.1) is 0 Å². The van der Waals surface area contributed by atoms with Crippen molar-refractivity contribution in [3.05, 3.63) is 0 Å². The van der Waals surface area contributed by atoms with Crippen molar-refractivity contribution in [3.63, 3.8) is 0 Å². The minimum atomic E-state index is 0.0625. The molecule has 0 radical (unpaired) electrons. The highest BCUT2D eigenvalue weighted by Gasteiger charge is 2.41. The normalized spacial score (nSPS) is 28.8. The summed E-state index contributed by atoms with van der Waals surface area (Å²) in [6.07, 6.45) is 4.95. The molecule has 0 spiro atoms. The molecule has 1 amide bonds. The highest BCUT2D eigenvalue weighted by atomic mass is 16.2. The zero-order valence-corrected chi connectivity index (χ0v) is 12.3. The van der Waals surface area contributed by atoms with E-state index in [0.717, 1.165) is 25.3 Å². The quantitative estimate of drug-likeness (QED) is 0.788. The maximum Gasteiger partial charge on any atom is 0.241 e. The number of rotatable bonds is 6. The molecule has 3 nitrogen and oxygen atoms in total. The van der Waals surface area contributed by atoms with Crippen LogP contribution in [0.2, 0.25) is 0 Å². The number of carbonyl (C=O) groups is 1. The van der Waals surface area contributed by atoms with Crippen LogP contribution in [0.3, 0.4) is 0 Å². The molecule has 0 aromatic rings. The van der Waals surface area contributed by atoms with Gasteiger partial charge in [-0.05, 0) is 43.4 Å². The molecule has 18 heavy (non-hydrogen) atoms. The predicted octanol–water partition coefficient (Wildman–Crippen LogP) is 2.62.